The third-order valence-electron chi connectivity index (χ3n) is 2.90. The molecule has 2 aromatic rings. The second-order valence-electron chi connectivity index (χ2n) is 4.52. The van der Waals surface area contributed by atoms with E-state index in [9.17, 15) is 14.9 Å². The largest absolute Gasteiger partial charge is 0.322 e. The lowest BCUT2D eigenvalue weighted by molar-refractivity contribution is -0.384. The predicted molar refractivity (Wildman–Crippen MR) is 79.8 cm³/mol. The number of anilines is 1. The van der Waals surface area contributed by atoms with E-state index in [0.29, 0.717) is 22.0 Å². The first kappa shape index (κ1) is 14.9. The van der Waals surface area contributed by atoms with Crippen molar-refractivity contribution < 1.29 is 9.72 Å². The van der Waals surface area contributed by atoms with Gasteiger partial charge in [0, 0.05) is 29.7 Å². The highest BCUT2D eigenvalue weighted by molar-refractivity contribution is 6.34. The molecule has 108 valence electrons. The standard InChI is InChI=1S/C14H12ClN3O3/c1-8-5-10(18(20)21)3-4-13(8)17-14(19)11-7-16-9(2)6-12(11)15/h3-7H,1-2H3,(H,17,19). The molecule has 0 aliphatic rings. The predicted octanol–water partition coefficient (Wildman–Crippen LogP) is 3.51. The quantitative estimate of drug-likeness (QED) is 0.694. The minimum Gasteiger partial charge on any atom is -0.322 e. The van der Waals surface area contributed by atoms with Crippen LogP contribution in [0.4, 0.5) is 11.4 Å². The molecule has 0 aliphatic heterocycles. The molecule has 0 bridgehead atoms. The Bertz CT molecular complexity index is 731. The lowest BCUT2D eigenvalue weighted by atomic mass is 10.1. The topological polar surface area (TPSA) is 85.1 Å². The summed E-state index contributed by atoms with van der Waals surface area (Å²) >= 11 is 6.01. The van der Waals surface area contributed by atoms with Crippen molar-refractivity contribution in [2.45, 2.75) is 13.8 Å². The molecule has 0 saturated carbocycles. The lowest BCUT2D eigenvalue weighted by Crippen LogP contribution is -2.14. The molecule has 2 rings (SSSR count). The van der Waals surface area contributed by atoms with Crippen LogP contribution in [0.2, 0.25) is 5.02 Å². The van der Waals surface area contributed by atoms with Crippen LogP contribution in [0, 0.1) is 24.0 Å². The summed E-state index contributed by atoms with van der Waals surface area (Å²) in [5.41, 5.74) is 2.01. The number of hydrogen-bond acceptors (Lipinski definition) is 4. The Morgan fingerprint density at radius 2 is 2.05 bits per heavy atom. The van der Waals surface area contributed by atoms with E-state index in [4.69, 9.17) is 11.6 Å². The maximum atomic E-state index is 12.1. The molecule has 0 fully saturated rings. The number of nitrogens with zero attached hydrogens (tertiary/aromatic N) is 2. The number of carbonyl (C=O) groups is 1. The van der Waals surface area contributed by atoms with Gasteiger partial charge >= 0.3 is 0 Å². The highest BCUT2D eigenvalue weighted by Gasteiger charge is 2.14. The number of aryl methyl sites for hydroxylation is 2. The summed E-state index contributed by atoms with van der Waals surface area (Å²) in [4.78, 5) is 26.4. The van der Waals surface area contributed by atoms with Crippen molar-refractivity contribution in [3.8, 4) is 0 Å². The average molecular weight is 306 g/mol. The van der Waals surface area contributed by atoms with Crippen molar-refractivity contribution in [2.75, 3.05) is 5.32 Å². The third kappa shape index (κ3) is 3.35. The number of nitro benzene ring substituents is 1. The van der Waals surface area contributed by atoms with Gasteiger partial charge in [-0.15, -0.1) is 0 Å². The van der Waals surface area contributed by atoms with Gasteiger partial charge in [-0.2, -0.15) is 0 Å². The van der Waals surface area contributed by atoms with Crippen LogP contribution in [0.25, 0.3) is 0 Å². The number of non-ortho nitro benzene ring substituents is 1. The molecule has 1 N–H and O–H groups in total. The van der Waals surface area contributed by atoms with Gasteiger partial charge in [0.25, 0.3) is 11.6 Å². The van der Waals surface area contributed by atoms with Gasteiger partial charge in [0.15, 0.2) is 0 Å². The molecule has 7 heteroatoms. The molecule has 1 aromatic carbocycles. The molecule has 21 heavy (non-hydrogen) atoms. The van der Waals surface area contributed by atoms with E-state index in [-0.39, 0.29) is 11.3 Å². The number of pyridine rings is 1. The third-order valence-corrected chi connectivity index (χ3v) is 3.22. The maximum absolute atomic E-state index is 12.1. The maximum Gasteiger partial charge on any atom is 0.269 e. The van der Waals surface area contributed by atoms with E-state index >= 15 is 0 Å². The van der Waals surface area contributed by atoms with E-state index in [2.05, 4.69) is 10.3 Å². The fourth-order valence-corrected chi connectivity index (χ4v) is 2.08. The van der Waals surface area contributed by atoms with Crippen LogP contribution in [-0.2, 0) is 0 Å². The van der Waals surface area contributed by atoms with Gasteiger partial charge in [-0.3, -0.25) is 19.9 Å². The van der Waals surface area contributed by atoms with Crippen molar-refractivity contribution in [1.82, 2.24) is 4.98 Å². The van der Waals surface area contributed by atoms with Crippen LogP contribution in [0.1, 0.15) is 21.6 Å². The Kier molecular flexibility index (Phi) is 4.18. The Hall–Kier alpha value is -2.47. The number of carbonyl (C=O) groups excluding carboxylic acids is 1. The number of aromatic nitrogens is 1. The van der Waals surface area contributed by atoms with Crippen LogP contribution < -0.4 is 5.32 Å². The first-order valence-corrected chi connectivity index (χ1v) is 6.45. The smallest absolute Gasteiger partial charge is 0.269 e. The fraction of sp³-hybridized carbons (Fsp3) is 0.143. The van der Waals surface area contributed by atoms with Gasteiger partial charge in [0.05, 0.1) is 15.5 Å². The van der Waals surface area contributed by atoms with Crippen molar-refractivity contribution in [3.63, 3.8) is 0 Å². The van der Waals surface area contributed by atoms with Gasteiger partial charge < -0.3 is 5.32 Å². The molecule has 6 nitrogen and oxygen atoms in total. The van der Waals surface area contributed by atoms with Gasteiger partial charge in [-0.25, -0.2) is 0 Å². The summed E-state index contributed by atoms with van der Waals surface area (Å²) < 4.78 is 0. The molecule has 0 spiro atoms. The Labute approximate surface area is 125 Å². The fourth-order valence-electron chi connectivity index (χ4n) is 1.78. The first-order valence-electron chi connectivity index (χ1n) is 6.07. The number of rotatable bonds is 3. The second kappa shape index (κ2) is 5.88. The van der Waals surface area contributed by atoms with E-state index in [1.54, 1.807) is 19.9 Å². The molecular weight excluding hydrogens is 294 g/mol. The number of hydrogen-bond donors (Lipinski definition) is 1. The molecule has 0 unspecified atom stereocenters. The van der Waals surface area contributed by atoms with Crippen molar-refractivity contribution >= 4 is 28.9 Å². The number of nitro groups is 1. The highest BCUT2D eigenvalue weighted by Crippen LogP contribution is 2.23. The number of halogens is 1. The summed E-state index contributed by atoms with van der Waals surface area (Å²) in [7, 11) is 0. The zero-order valence-corrected chi connectivity index (χ0v) is 12.1. The average Bonchev–Trinajstić information content (AvgIpc) is 2.40. The van der Waals surface area contributed by atoms with Crippen molar-refractivity contribution in [2.24, 2.45) is 0 Å². The van der Waals surface area contributed by atoms with Gasteiger partial charge in [0.1, 0.15) is 0 Å². The molecule has 1 amide bonds. The van der Waals surface area contributed by atoms with Gasteiger partial charge in [-0.1, -0.05) is 11.6 Å². The summed E-state index contributed by atoms with van der Waals surface area (Å²) in [6, 6.07) is 5.81. The number of benzene rings is 1. The second-order valence-corrected chi connectivity index (χ2v) is 4.92. The zero-order chi connectivity index (χ0) is 15.6. The lowest BCUT2D eigenvalue weighted by Gasteiger charge is -2.09. The highest BCUT2D eigenvalue weighted by atomic mass is 35.5. The van der Waals surface area contributed by atoms with E-state index in [1.165, 1.54) is 24.4 Å². The zero-order valence-electron chi connectivity index (χ0n) is 11.4. The normalized spacial score (nSPS) is 10.2. The molecule has 0 aliphatic carbocycles. The Morgan fingerprint density at radius 1 is 1.33 bits per heavy atom. The minimum absolute atomic E-state index is 0.0273. The van der Waals surface area contributed by atoms with Crippen LogP contribution in [0.15, 0.2) is 30.5 Å². The molecule has 1 aromatic heterocycles. The molecule has 0 radical (unpaired) electrons. The van der Waals surface area contributed by atoms with E-state index in [0.717, 1.165) is 0 Å². The summed E-state index contributed by atoms with van der Waals surface area (Å²) in [5.74, 6) is -0.413. The number of nitrogens with one attached hydrogen (secondary N) is 1. The minimum atomic E-state index is -0.487. The van der Waals surface area contributed by atoms with E-state index < -0.39 is 10.8 Å². The van der Waals surface area contributed by atoms with Crippen molar-refractivity contribution in [1.29, 1.82) is 0 Å². The molecule has 0 saturated heterocycles. The van der Waals surface area contributed by atoms with Gasteiger partial charge in [0.2, 0.25) is 0 Å². The summed E-state index contributed by atoms with van der Waals surface area (Å²) in [6.07, 6.45) is 1.40. The summed E-state index contributed by atoms with van der Waals surface area (Å²) in [5, 5.41) is 13.6. The van der Waals surface area contributed by atoms with E-state index in [1.807, 2.05) is 0 Å². The molecular formula is C14H12ClN3O3. The van der Waals surface area contributed by atoms with Crippen LogP contribution in [0.3, 0.4) is 0 Å². The Balaban J connectivity index is 2.25. The SMILES string of the molecule is Cc1cc(Cl)c(C(=O)Nc2ccc([N+](=O)[O-])cc2C)cn1. The summed E-state index contributed by atoms with van der Waals surface area (Å²) in [6.45, 7) is 3.45. The monoisotopic (exact) mass is 305 g/mol. The molecule has 0 atom stereocenters. The first-order chi connectivity index (χ1) is 9.88. The van der Waals surface area contributed by atoms with Crippen LogP contribution in [-0.4, -0.2) is 15.8 Å². The van der Waals surface area contributed by atoms with Crippen LogP contribution >= 0.6 is 11.6 Å². The Morgan fingerprint density at radius 3 is 2.62 bits per heavy atom. The van der Waals surface area contributed by atoms with Gasteiger partial charge in [-0.05, 0) is 31.5 Å². The van der Waals surface area contributed by atoms with Crippen molar-refractivity contribution in [3.05, 3.63) is 62.4 Å². The number of amides is 1. The van der Waals surface area contributed by atoms with Crippen LogP contribution in [0.5, 0.6) is 0 Å². The molecule has 1 heterocycles.